The standard InChI is InChI=1S/C29H32N2O5/c32-27-25(15-23-11-13-35-19-23)30(17-21-7-3-1-4-8-21)29(34)31(18-22-9-5-2-6-10-22)26(28(27)33)16-24-12-14-36-20-24/h1,3-5,7-14,19-20,25-28,32-33H,2,6,15-18H2. The van der Waals surface area contributed by atoms with E-state index in [1.807, 2.05) is 48.5 Å². The number of rotatable bonds is 8. The van der Waals surface area contributed by atoms with E-state index in [4.69, 9.17) is 8.83 Å². The molecule has 3 aromatic rings. The molecular formula is C29H32N2O5. The second kappa shape index (κ2) is 11.0. The van der Waals surface area contributed by atoms with Gasteiger partial charge < -0.3 is 28.8 Å². The summed E-state index contributed by atoms with van der Waals surface area (Å²) in [6.07, 6.45) is 13.0. The first-order valence-corrected chi connectivity index (χ1v) is 12.4. The third kappa shape index (κ3) is 5.32. The van der Waals surface area contributed by atoms with Gasteiger partial charge in [-0.2, -0.15) is 0 Å². The summed E-state index contributed by atoms with van der Waals surface area (Å²) in [6.45, 7) is 0.668. The van der Waals surface area contributed by atoms with Crippen molar-refractivity contribution in [1.82, 2.24) is 9.80 Å². The lowest BCUT2D eigenvalue weighted by Gasteiger charge is -2.36. The lowest BCUT2D eigenvalue weighted by molar-refractivity contribution is -0.0395. The molecule has 1 aliphatic carbocycles. The summed E-state index contributed by atoms with van der Waals surface area (Å²) >= 11 is 0. The van der Waals surface area contributed by atoms with Crippen molar-refractivity contribution >= 4 is 6.03 Å². The second-order valence-electron chi connectivity index (χ2n) is 9.57. The number of benzene rings is 1. The van der Waals surface area contributed by atoms with Gasteiger partial charge in [0.2, 0.25) is 0 Å². The maximum atomic E-state index is 14.3. The molecular weight excluding hydrogens is 456 g/mol. The van der Waals surface area contributed by atoms with Gasteiger partial charge in [0.15, 0.2) is 0 Å². The van der Waals surface area contributed by atoms with E-state index < -0.39 is 24.3 Å². The number of furan rings is 2. The number of aliphatic hydroxyl groups is 2. The minimum absolute atomic E-state index is 0.212. The summed E-state index contributed by atoms with van der Waals surface area (Å²) in [5.41, 5.74) is 3.70. The Morgan fingerprint density at radius 2 is 1.39 bits per heavy atom. The zero-order valence-electron chi connectivity index (χ0n) is 20.1. The molecule has 1 saturated heterocycles. The van der Waals surface area contributed by atoms with Crippen LogP contribution in [0.25, 0.3) is 0 Å². The average molecular weight is 489 g/mol. The van der Waals surface area contributed by atoms with Crippen molar-refractivity contribution in [3.63, 3.8) is 0 Å². The number of aliphatic hydroxyl groups excluding tert-OH is 2. The molecule has 7 nitrogen and oxygen atoms in total. The number of hydrogen-bond acceptors (Lipinski definition) is 5. The minimum atomic E-state index is -1.16. The second-order valence-corrected chi connectivity index (χ2v) is 9.57. The zero-order chi connectivity index (χ0) is 24.9. The highest BCUT2D eigenvalue weighted by Crippen LogP contribution is 2.30. The molecule has 0 spiro atoms. The van der Waals surface area contributed by atoms with Crippen molar-refractivity contribution < 1.29 is 23.8 Å². The van der Waals surface area contributed by atoms with Crippen molar-refractivity contribution in [3.05, 3.63) is 108 Å². The van der Waals surface area contributed by atoms with E-state index in [9.17, 15) is 15.0 Å². The summed E-state index contributed by atoms with van der Waals surface area (Å²) in [5.74, 6) is 0. The van der Waals surface area contributed by atoms with E-state index in [0.717, 1.165) is 35.1 Å². The van der Waals surface area contributed by atoms with Crippen LogP contribution < -0.4 is 0 Å². The molecule has 4 atom stereocenters. The number of urea groups is 1. The Kier molecular flexibility index (Phi) is 7.39. The van der Waals surface area contributed by atoms with Gasteiger partial charge in [0.05, 0.1) is 37.1 Å². The van der Waals surface area contributed by atoms with E-state index >= 15 is 0 Å². The van der Waals surface area contributed by atoms with Crippen molar-refractivity contribution in [2.24, 2.45) is 0 Å². The average Bonchev–Trinajstić information content (AvgIpc) is 3.61. The van der Waals surface area contributed by atoms with Crippen LogP contribution in [0.5, 0.6) is 0 Å². The Labute approximate surface area is 210 Å². The number of carbonyl (C=O) groups is 1. The van der Waals surface area contributed by atoms with Crippen LogP contribution in [-0.4, -0.2) is 56.9 Å². The summed E-state index contributed by atoms with van der Waals surface area (Å²) in [4.78, 5) is 17.8. The first kappa shape index (κ1) is 24.2. The SMILES string of the molecule is O=C1N(CC2=CCCC=C2)C(Cc2ccoc2)C(O)C(O)C(Cc2ccoc2)N1Cc1ccccc1. The molecule has 0 bridgehead atoms. The molecule has 7 heteroatoms. The van der Waals surface area contributed by atoms with Gasteiger partial charge >= 0.3 is 6.03 Å². The van der Waals surface area contributed by atoms with Crippen LogP contribution in [0.15, 0.2) is 100 Å². The fourth-order valence-corrected chi connectivity index (χ4v) is 5.17. The van der Waals surface area contributed by atoms with Gasteiger partial charge in [0.25, 0.3) is 0 Å². The molecule has 1 aromatic carbocycles. The molecule has 5 rings (SSSR count). The van der Waals surface area contributed by atoms with Crippen molar-refractivity contribution in [3.8, 4) is 0 Å². The van der Waals surface area contributed by atoms with Crippen LogP contribution in [-0.2, 0) is 19.4 Å². The monoisotopic (exact) mass is 488 g/mol. The minimum Gasteiger partial charge on any atom is -0.472 e. The fourth-order valence-electron chi connectivity index (χ4n) is 5.17. The topological polar surface area (TPSA) is 90.3 Å². The van der Waals surface area contributed by atoms with E-state index in [0.29, 0.717) is 25.9 Å². The normalized spacial score (nSPS) is 24.6. The summed E-state index contributed by atoms with van der Waals surface area (Å²) in [7, 11) is 0. The fraction of sp³-hybridized carbons (Fsp3) is 0.345. The van der Waals surface area contributed by atoms with Crippen LogP contribution in [0, 0.1) is 0 Å². The molecule has 188 valence electrons. The summed E-state index contributed by atoms with van der Waals surface area (Å²) < 4.78 is 10.5. The number of hydrogen-bond donors (Lipinski definition) is 2. The number of allylic oxidation sites excluding steroid dienone is 2. The first-order chi connectivity index (χ1) is 17.6. The highest BCUT2D eigenvalue weighted by molar-refractivity contribution is 5.76. The van der Waals surface area contributed by atoms with Crippen LogP contribution >= 0.6 is 0 Å². The van der Waals surface area contributed by atoms with Gasteiger partial charge in [0, 0.05) is 13.1 Å². The van der Waals surface area contributed by atoms with Gasteiger partial charge in [-0.25, -0.2) is 4.79 Å². The Bertz CT molecular complexity index is 1170. The Hall–Kier alpha value is -3.55. The third-order valence-electron chi connectivity index (χ3n) is 7.10. The van der Waals surface area contributed by atoms with Crippen LogP contribution in [0.2, 0.25) is 0 Å². The van der Waals surface area contributed by atoms with E-state index in [-0.39, 0.29) is 6.03 Å². The Morgan fingerprint density at radius 3 is 1.92 bits per heavy atom. The number of carbonyl (C=O) groups excluding carboxylic acids is 1. The van der Waals surface area contributed by atoms with Crippen molar-refractivity contribution in [2.45, 2.75) is 56.5 Å². The molecule has 0 radical (unpaired) electrons. The van der Waals surface area contributed by atoms with Gasteiger partial charge in [-0.3, -0.25) is 0 Å². The number of nitrogens with zero attached hydrogens (tertiary/aromatic N) is 2. The van der Waals surface area contributed by atoms with Crippen LogP contribution in [0.1, 0.15) is 29.5 Å². The summed E-state index contributed by atoms with van der Waals surface area (Å²) in [6, 6.07) is 11.9. The maximum absolute atomic E-state index is 14.3. The third-order valence-corrected chi connectivity index (χ3v) is 7.10. The largest absolute Gasteiger partial charge is 0.472 e. The number of amides is 2. The van der Waals surface area contributed by atoms with E-state index in [2.05, 4.69) is 12.2 Å². The molecule has 4 unspecified atom stereocenters. The Morgan fingerprint density at radius 1 is 0.778 bits per heavy atom. The van der Waals surface area contributed by atoms with Crippen LogP contribution in [0.4, 0.5) is 4.79 Å². The predicted molar refractivity (Wildman–Crippen MR) is 135 cm³/mol. The molecule has 36 heavy (non-hydrogen) atoms. The molecule has 2 amide bonds. The predicted octanol–water partition coefficient (Wildman–Crippen LogP) is 4.33. The zero-order valence-corrected chi connectivity index (χ0v) is 20.1. The highest BCUT2D eigenvalue weighted by atomic mass is 16.3. The lowest BCUT2D eigenvalue weighted by atomic mass is 9.91. The van der Waals surface area contributed by atoms with Gasteiger partial charge in [-0.15, -0.1) is 0 Å². The van der Waals surface area contributed by atoms with Crippen molar-refractivity contribution in [1.29, 1.82) is 0 Å². The lowest BCUT2D eigenvalue weighted by Crippen LogP contribution is -2.51. The van der Waals surface area contributed by atoms with Gasteiger partial charge in [-0.05, 0) is 60.1 Å². The van der Waals surface area contributed by atoms with E-state index in [1.54, 1.807) is 34.9 Å². The van der Waals surface area contributed by atoms with Crippen LogP contribution in [0.3, 0.4) is 0 Å². The van der Waals surface area contributed by atoms with Gasteiger partial charge in [0.1, 0.15) is 12.2 Å². The molecule has 1 fully saturated rings. The quantitative estimate of drug-likeness (QED) is 0.493. The smallest absolute Gasteiger partial charge is 0.321 e. The summed E-state index contributed by atoms with van der Waals surface area (Å²) in [5, 5.41) is 23.1. The van der Waals surface area contributed by atoms with Gasteiger partial charge in [-0.1, -0.05) is 48.6 Å². The molecule has 0 saturated carbocycles. The Balaban J connectivity index is 1.55. The molecule has 2 aliphatic rings. The maximum Gasteiger partial charge on any atom is 0.321 e. The first-order valence-electron chi connectivity index (χ1n) is 12.4. The van der Waals surface area contributed by atoms with Crippen molar-refractivity contribution in [2.75, 3.05) is 6.54 Å². The molecule has 2 aromatic heterocycles. The highest BCUT2D eigenvalue weighted by Gasteiger charge is 2.46. The molecule has 1 aliphatic heterocycles. The van der Waals surface area contributed by atoms with E-state index in [1.165, 1.54) is 0 Å². The molecule has 2 N–H and O–H groups in total. The molecule has 3 heterocycles.